The number of unbranched alkanes of at least 4 members (excludes halogenated alkanes) is 36. The Morgan fingerprint density at radius 3 is 1.03 bits per heavy atom. The van der Waals surface area contributed by atoms with Gasteiger partial charge in [0, 0.05) is 40.1 Å². The maximum Gasteiger partial charge on any atom is 0.416 e. The monoisotopic (exact) mass is 1550 g/mol. The minimum Gasteiger partial charge on any atom is -0.240 e. The van der Waals surface area contributed by atoms with E-state index in [2.05, 4.69) is 77.9 Å². The molecule has 0 bridgehead atoms. The first kappa shape index (κ1) is 86.7. The summed E-state index contributed by atoms with van der Waals surface area (Å²) in [5.41, 5.74) is 3.87. The summed E-state index contributed by atoms with van der Waals surface area (Å²) in [4.78, 5) is 23.6. The van der Waals surface area contributed by atoms with E-state index in [0.717, 1.165) is 99.8 Å². The summed E-state index contributed by atoms with van der Waals surface area (Å²) >= 11 is 10.9. The zero-order valence-electron chi connectivity index (χ0n) is 65.5. The first-order valence-electron chi connectivity index (χ1n) is 41.6. The second-order valence-electron chi connectivity index (χ2n) is 31.0. The van der Waals surface area contributed by atoms with E-state index in [-0.39, 0.29) is 0 Å². The van der Waals surface area contributed by atoms with Crippen LogP contribution in [0, 0.1) is 0 Å². The van der Waals surface area contributed by atoms with Gasteiger partial charge in [-0.25, -0.2) is 9.97 Å². The van der Waals surface area contributed by atoms with Crippen LogP contribution in [0.25, 0.3) is 49.0 Å². The smallest absolute Gasteiger partial charge is 0.240 e. The van der Waals surface area contributed by atoms with Crippen molar-refractivity contribution in [2.24, 2.45) is 0 Å². The van der Waals surface area contributed by atoms with Gasteiger partial charge in [0.05, 0.1) is 42.0 Å². The van der Waals surface area contributed by atoms with E-state index in [1.807, 2.05) is 60.0 Å². The summed E-state index contributed by atoms with van der Waals surface area (Å²) in [5.74, 6) is 0. The molecular weight excluding hydrogens is 1430 g/mol. The Morgan fingerprint density at radius 1 is 0.286 bits per heavy atom. The molecule has 8 rings (SSSR count). The van der Waals surface area contributed by atoms with Gasteiger partial charge in [-0.3, -0.25) is 0 Å². The lowest BCUT2D eigenvalue weighted by Crippen LogP contribution is -2.22. The highest BCUT2D eigenvalue weighted by Crippen LogP contribution is 2.52. The lowest BCUT2D eigenvalue weighted by atomic mass is 9.78. The van der Waals surface area contributed by atoms with Gasteiger partial charge in [0.2, 0.25) is 0 Å². The molecule has 0 aliphatic rings. The first-order chi connectivity index (χ1) is 50.8. The lowest BCUT2D eigenvalue weighted by molar-refractivity contribution is -0.138. The van der Waals surface area contributed by atoms with Gasteiger partial charge in [0.25, 0.3) is 0 Å². The summed E-state index contributed by atoms with van der Waals surface area (Å²) in [6.07, 6.45) is 46.0. The number of nitrogens with zero attached hydrogens (tertiary/aromatic N) is 2. The van der Waals surface area contributed by atoms with Crippen molar-refractivity contribution >= 4 is 68.0 Å². The maximum atomic E-state index is 14.5. The Bertz CT molecular complexity index is 3710. The number of aryl methyl sites for hydroxylation is 4. The molecule has 0 amide bonds. The molecule has 0 fully saturated rings. The zero-order chi connectivity index (χ0) is 74.9. The van der Waals surface area contributed by atoms with Crippen molar-refractivity contribution in [3.63, 3.8) is 0 Å². The third-order valence-corrected chi connectivity index (χ3v) is 30.2. The van der Waals surface area contributed by atoms with Crippen molar-refractivity contribution in [2.75, 3.05) is 0 Å². The Hall–Kier alpha value is -3.92. The third-order valence-electron chi connectivity index (χ3n) is 22.0. The Morgan fingerprint density at radius 2 is 0.619 bits per heavy atom. The molecule has 1 unspecified atom stereocenters. The predicted molar refractivity (Wildman–Crippen MR) is 450 cm³/mol. The molecule has 14 heteroatoms. The molecular formula is C91H128F6N2S6. The van der Waals surface area contributed by atoms with E-state index in [1.165, 1.54) is 294 Å². The second-order valence-corrected chi connectivity index (χ2v) is 37.3. The largest absolute Gasteiger partial charge is 0.416 e. The van der Waals surface area contributed by atoms with E-state index in [0.29, 0.717) is 17.5 Å². The molecule has 0 saturated carbocycles. The van der Waals surface area contributed by atoms with Crippen molar-refractivity contribution in [2.45, 2.75) is 368 Å². The molecule has 2 aromatic carbocycles. The van der Waals surface area contributed by atoms with Gasteiger partial charge < -0.3 is 0 Å². The Balaban J connectivity index is 1.19. The molecule has 2 nitrogen and oxygen atoms in total. The van der Waals surface area contributed by atoms with Crippen LogP contribution in [0.5, 0.6) is 0 Å². The Labute approximate surface area is 655 Å². The van der Waals surface area contributed by atoms with Crippen LogP contribution in [-0.2, 0) is 48.9 Å². The highest BCUT2D eigenvalue weighted by molar-refractivity contribution is 7.30. The van der Waals surface area contributed by atoms with E-state index in [4.69, 9.17) is 9.97 Å². The molecule has 1 atom stereocenters. The summed E-state index contributed by atoms with van der Waals surface area (Å²) in [7, 11) is 0. The number of halogens is 6. The quantitative estimate of drug-likeness (QED) is 0.0280. The molecule has 6 heterocycles. The van der Waals surface area contributed by atoms with Crippen LogP contribution in [0.1, 0.15) is 373 Å². The van der Waals surface area contributed by atoms with Crippen LogP contribution in [0.4, 0.5) is 26.3 Å². The zero-order valence-corrected chi connectivity index (χ0v) is 70.4. The molecule has 0 N–H and O–H groups in total. The molecule has 0 radical (unpaired) electrons. The van der Waals surface area contributed by atoms with Gasteiger partial charge in [-0.15, -0.1) is 68.0 Å². The number of thiazole rings is 2. The molecule has 6 aromatic heterocycles. The fourth-order valence-electron chi connectivity index (χ4n) is 14.9. The fraction of sp³-hybridized carbons (Fsp3) is 0.626. The minimum atomic E-state index is -4.44. The van der Waals surface area contributed by atoms with Crippen LogP contribution >= 0.6 is 68.0 Å². The summed E-state index contributed by atoms with van der Waals surface area (Å²) < 4.78 is 85.5. The summed E-state index contributed by atoms with van der Waals surface area (Å²) in [6, 6.07) is 25.5. The SMILES string of the molecule is CCCCCCCCCCCCc1cc(-c2ccc(-c3ccc(C(C)(C)c4cccc(C(F)(F)F)c4)s3)s2)sc1-c1nc(CCCCCCCCCCCC)c(-c2sc(-c3sc(C(C)(CC)c4cccc(C(F)(F)F)c4)cc3CCCCCCCCCCCC)nc2CCCCCCCCCCCC)s1. The number of hydrogen-bond donors (Lipinski definition) is 0. The Kier molecular flexibility index (Phi) is 37.5. The van der Waals surface area contributed by atoms with Crippen LogP contribution in [-0.4, -0.2) is 9.97 Å². The van der Waals surface area contributed by atoms with E-state index < -0.39 is 34.3 Å². The highest BCUT2D eigenvalue weighted by atomic mass is 32.1. The topological polar surface area (TPSA) is 25.8 Å². The fourth-order valence-corrected chi connectivity index (χ4v) is 22.5. The van der Waals surface area contributed by atoms with Crippen molar-refractivity contribution in [3.05, 3.63) is 139 Å². The number of alkyl halides is 6. The van der Waals surface area contributed by atoms with Crippen molar-refractivity contribution in [1.29, 1.82) is 0 Å². The molecule has 8 aromatic rings. The molecule has 0 spiro atoms. The summed E-state index contributed by atoms with van der Waals surface area (Å²) in [5, 5.41) is 2.14. The van der Waals surface area contributed by atoms with E-state index >= 15 is 0 Å². The van der Waals surface area contributed by atoms with E-state index in [1.54, 1.807) is 40.1 Å². The molecule has 0 saturated heterocycles. The maximum absolute atomic E-state index is 14.5. The summed E-state index contributed by atoms with van der Waals surface area (Å²) in [6.45, 7) is 17.5. The lowest BCUT2D eigenvalue weighted by Gasteiger charge is -2.28. The first-order valence-corrected chi connectivity index (χ1v) is 46.5. The van der Waals surface area contributed by atoms with Crippen molar-refractivity contribution in [1.82, 2.24) is 9.97 Å². The predicted octanol–water partition coefficient (Wildman–Crippen LogP) is 34.1. The van der Waals surface area contributed by atoms with Crippen LogP contribution < -0.4 is 0 Å². The van der Waals surface area contributed by atoms with Crippen LogP contribution in [0.2, 0.25) is 0 Å². The molecule has 580 valence electrons. The van der Waals surface area contributed by atoms with Crippen LogP contribution in [0.3, 0.4) is 0 Å². The second kappa shape index (κ2) is 45.4. The van der Waals surface area contributed by atoms with Crippen LogP contribution in [0.15, 0.2) is 84.9 Å². The van der Waals surface area contributed by atoms with Gasteiger partial charge in [0.1, 0.15) is 10.0 Å². The minimum absolute atomic E-state index is 0.599. The number of hydrogen-bond acceptors (Lipinski definition) is 8. The third kappa shape index (κ3) is 26.9. The van der Waals surface area contributed by atoms with Gasteiger partial charge in [-0.1, -0.05) is 323 Å². The van der Waals surface area contributed by atoms with Gasteiger partial charge in [-0.05, 0) is 129 Å². The highest BCUT2D eigenvalue weighted by Gasteiger charge is 2.37. The van der Waals surface area contributed by atoms with Crippen molar-refractivity contribution < 1.29 is 26.3 Å². The van der Waals surface area contributed by atoms with Gasteiger partial charge in [0.15, 0.2) is 0 Å². The van der Waals surface area contributed by atoms with Gasteiger partial charge in [-0.2, -0.15) is 26.3 Å². The average molecular weight is 1560 g/mol. The number of thiophene rings is 4. The van der Waals surface area contributed by atoms with Crippen molar-refractivity contribution in [3.8, 4) is 49.0 Å². The molecule has 0 aliphatic carbocycles. The average Bonchev–Trinajstić information content (AvgIpc) is 1.63. The van der Waals surface area contributed by atoms with Gasteiger partial charge >= 0.3 is 12.4 Å². The number of aromatic nitrogens is 2. The number of rotatable bonds is 54. The van der Waals surface area contributed by atoms with E-state index in [9.17, 15) is 26.3 Å². The standard InChI is InChI=1S/C91H128F6N2S6/c1-9-14-18-22-26-30-34-38-42-46-52-68-64-79(78-61-60-76(100-78)77-62-63-80(101-77)88(6,7)70-54-50-56-72(66-70)90(92,93)94)102-82(68)86-98-74(58-48-44-40-36-32-28-24-20-16-11-3)84(104-86)85-75(59-49-45-41-37-33-29-25-21-17-12-4)99-87(105-85)83-69(53-47-43-39-35-31-27-23-19-15-10-2)65-81(103-83)89(8,13-5)71-55-51-57-73(67-71)91(95,96)97/h50-51,54-57,60-67H,9-49,52-53,58-59H2,1-8H3. The number of benzene rings is 2. The normalized spacial score (nSPS) is 12.9. The molecule has 0 aliphatic heterocycles. The molecule has 105 heavy (non-hydrogen) atoms.